The van der Waals surface area contributed by atoms with Crippen LogP contribution in [0.25, 0.3) is 0 Å². The highest BCUT2D eigenvalue weighted by Crippen LogP contribution is 2.35. The average Bonchev–Trinajstić information content (AvgIpc) is 2.79. The van der Waals surface area contributed by atoms with Crippen LogP contribution in [-0.2, 0) is 23.6 Å². The molecule has 0 aliphatic heterocycles. The molecule has 3 atom stereocenters. The molecule has 0 bridgehead atoms. The number of methoxy groups -OCH3 is 1. The summed E-state index contributed by atoms with van der Waals surface area (Å²) in [6.07, 6.45) is 4.08. The molecule has 31 heavy (non-hydrogen) atoms. The zero-order valence-electron chi connectivity index (χ0n) is 18.0. The molecule has 1 rings (SSSR count). The molecular weight excluding hydrogens is 423 g/mol. The van der Waals surface area contributed by atoms with E-state index < -0.39 is 8.53 Å². The van der Waals surface area contributed by atoms with E-state index in [-0.39, 0.29) is 25.4 Å². The molecule has 3 N–H and O–H groups in total. The van der Waals surface area contributed by atoms with Gasteiger partial charge < -0.3 is 29.2 Å². The zero-order chi connectivity index (χ0) is 22.9. The third-order valence-corrected chi connectivity index (χ3v) is 5.32. The second kappa shape index (κ2) is 16.2. The Morgan fingerprint density at radius 2 is 2.06 bits per heavy atom. The summed E-state index contributed by atoms with van der Waals surface area (Å²) >= 11 is 0. The molecule has 172 valence electrons. The van der Waals surface area contributed by atoms with E-state index in [0.717, 1.165) is 6.41 Å². The van der Waals surface area contributed by atoms with Gasteiger partial charge in [0.25, 0.3) is 6.47 Å². The van der Waals surface area contributed by atoms with Gasteiger partial charge in [0.2, 0.25) is 6.41 Å². The Balaban J connectivity index is 2.65. The summed E-state index contributed by atoms with van der Waals surface area (Å²) < 4.78 is 22.0. The molecular formula is C20H31N4O6P. The number of hydrogen-bond acceptors (Lipinski definition) is 8. The van der Waals surface area contributed by atoms with Crippen LogP contribution < -0.4 is 15.3 Å². The van der Waals surface area contributed by atoms with Crippen LogP contribution in [0.4, 0.5) is 0 Å². The van der Waals surface area contributed by atoms with Gasteiger partial charge in [-0.3, -0.25) is 14.6 Å². The van der Waals surface area contributed by atoms with Crippen LogP contribution >= 0.6 is 8.53 Å². The van der Waals surface area contributed by atoms with E-state index in [1.807, 2.05) is 37.3 Å². The fraction of sp³-hybridized carbons (Fsp3) is 0.450. The standard InChI is InChI=1S/C20H31N4O6P/c1-17(24(15-25)11-9-20(21)22-2)13-19(27-3)14-29-31(23-10-12-28-16-26)30-18-7-5-4-6-8-18/h4-9,11,15-17,19,23H,10,12-14H2,1-3H3,(H2,21,22)/b11-9-. The van der Waals surface area contributed by atoms with Crippen LogP contribution in [0.5, 0.6) is 5.75 Å². The number of carbonyl (C=O) groups is 2. The van der Waals surface area contributed by atoms with Crippen molar-refractivity contribution in [3.05, 3.63) is 42.6 Å². The molecule has 0 radical (unpaired) electrons. The first-order valence-electron chi connectivity index (χ1n) is 9.64. The number of nitrogens with zero attached hydrogens (tertiary/aromatic N) is 2. The van der Waals surface area contributed by atoms with E-state index in [0.29, 0.717) is 31.0 Å². The molecule has 10 nitrogen and oxygen atoms in total. The van der Waals surface area contributed by atoms with Gasteiger partial charge in [-0.15, -0.1) is 0 Å². The average molecular weight is 454 g/mol. The lowest BCUT2D eigenvalue weighted by Gasteiger charge is -2.26. The predicted octanol–water partition coefficient (Wildman–Crippen LogP) is 1.82. The van der Waals surface area contributed by atoms with Crippen LogP contribution in [0.1, 0.15) is 13.3 Å². The predicted molar refractivity (Wildman–Crippen MR) is 119 cm³/mol. The van der Waals surface area contributed by atoms with Crippen LogP contribution in [0.15, 0.2) is 47.6 Å². The van der Waals surface area contributed by atoms with Crippen molar-refractivity contribution in [1.29, 1.82) is 0 Å². The number of carbonyl (C=O) groups excluding carboxylic acids is 2. The zero-order valence-corrected chi connectivity index (χ0v) is 18.9. The number of aliphatic imine (C=N–C) groups is 1. The molecule has 0 aromatic heterocycles. The van der Waals surface area contributed by atoms with Gasteiger partial charge >= 0.3 is 8.53 Å². The van der Waals surface area contributed by atoms with Crippen molar-refractivity contribution >= 4 is 27.2 Å². The lowest BCUT2D eigenvalue weighted by Crippen LogP contribution is -2.33. The fourth-order valence-electron chi connectivity index (χ4n) is 2.33. The van der Waals surface area contributed by atoms with Crippen molar-refractivity contribution < 1.29 is 28.1 Å². The fourth-order valence-corrected chi connectivity index (χ4v) is 3.43. The summed E-state index contributed by atoms with van der Waals surface area (Å²) in [6, 6.07) is 9.07. The quantitative estimate of drug-likeness (QED) is 0.120. The van der Waals surface area contributed by atoms with Crippen molar-refractivity contribution in [1.82, 2.24) is 9.99 Å². The van der Waals surface area contributed by atoms with Gasteiger partial charge in [-0.1, -0.05) is 18.2 Å². The van der Waals surface area contributed by atoms with Gasteiger partial charge in [-0.25, -0.2) is 5.09 Å². The van der Waals surface area contributed by atoms with E-state index in [1.54, 1.807) is 26.4 Å². The first kappa shape index (κ1) is 26.5. The second-order valence-corrected chi connectivity index (χ2v) is 7.56. The summed E-state index contributed by atoms with van der Waals surface area (Å²) in [5, 5.41) is 3.09. The molecule has 0 fully saturated rings. The lowest BCUT2D eigenvalue weighted by atomic mass is 10.1. The van der Waals surface area contributed by atoms with Crippen molar-refractivity contribution in [3.8, 4) is 5.75 Å². The van der Waals surface area contributed by atoms with Gasteiger partial charge in [-0.2, -0.15) is 0 Å². The van der Waals surface area contributed by atoms with Gasteiger partial charge in [0.1, 0.15) is 18.2 Å². The van der Waals surface area contributed by atoms with Gasteiger partial charge in [0.15, 0.2) is 0 Å². The van der Waals surface area contributed by atoms with Crippen molar-refractivity contribution in [2.45, 2.75) is 25.5 Å². The minimum atomic E-state index is -1.51. The topological polar surface area (TPSA) is 125 Å². The van der Waals surface area contributed by atoms with Crippen molar-refractivity contribution in [2.75, 3.05) is 33.9 Å². The monoisotopic (exact) mass is 454 g/mol. The first-order chi connectivity index (χ1) is 15.0. The molecule has 0 heterocycles. The number of nitrogens with two attached hydrogens (primary N) is 1. The highest BCUT2D eigenvalue weighted by atomic mass is 31.2. The molecule has 3 unspecified atom stereocenters. The Hall–Kier alpha value is -2.52. The Labute approximate surface area is 184 Å². The molecule has 0 aliphatic carbocycles. The van der Waals surface area contributed by atoms with E-state index in [4.69, 9.17) is 19.5 Å². The number of rotatable bonds is 17. The summed E-state index contributed by atoms with van der Waals surface area (Å²) in [6.45, 7) is 3.07. The molecule has 1 amide bonds. The highest BCUT2D eigenvalue weighted by Gasteiger charge is 2.20. The van der Waals surface area contributed by atoms with Crippen molar-refractivity contribution in [3.63, 3.8) is 0 Å². The molecule has 1 aromatic rings. The van der Waals surface area contributed by atoms with E-state index in [9.17, 15) is 9.59 Å². The summed E-state index contributed by atoms with van der Waals surface area (Å²) in [7, 11) is 1.64. The first-order valence-corrected chi connectivity index (χ1v) is 10.8. The third-order valence-electron chi connectivity index (χ3n) is 4.08. The normalized spacial score (nSPS) is 14.6. The van der Waals surface area contributed by atoms with E-state index in [2.05, 4.69) is 14.8 Å². The summed E-state index contributed by atoms with van der Waals surface area (Å²) in [4.78, 5) is 27.0. The summed E-state index contributed by atoms with van der Waals surface area (Å²) in [5.41, 5.74) is 5.64. The second-order valence-electron chi connectivity index (χ2n) is 6.29. The van der Waals surface area contributed by atoms with Crippen LogP contribution in [0.3, 0.4) is 0 Å². The van der Waals surface area contributed by atoms with Crippen molar-refractivity contribution in [2.24, 2.45) is 10.7 Å². The largest absolute Gasteiger partial charge is 0.467 e. The number of hydrogen-bond donors (Lipinski definition) is 2. The minimum absolute atomic E-state index is 0.165. The number of nitrogens with one attached hydrogen (secondary N) is 1. The van der Waals surface area contributed by atoms with E-state index in [1.165, 1.54) is 4.90 Å². The number of amides is 1. The van der Waals surface area contributed by atoms with Gasteiger partial charge in [-0.05, 0) is 31.6 Å². The number of benzene rings is 1. The summed E-state index contributed by atoms with van der Waals surface area (Å²) in [5.74, 6) is 0.964. The molecule has 0 spiro atoms. The SMILES string of the molecule is CN=C(N)/C=C\N(C=O)C(C)CC(COP(NCCOC=O)Oc1ccccc1)OC. The number of para-hydroxylation sites is 1. The van der Waals surface area contributed by atoms with Crippen LogP contribution in [-0.4, -0.2) is 69.7 Å². The maximum Gasteiger partial charge on any atom is 0.318 e. The van der Waals surface area contributed by atoms with Crippen LogP contribution in [0.2, 0.25) is 0 Å². The van der Waals surface area contributed by atoms with Gasteiger partial charge in [0.05, 0.1) is 12.7 Å². The number of ether oxygens (including phenoxy) is 2. The minimum Gasteiger partial charge on any atom is -0.467 e. The van der Waals surface area contributed by atoms with Gasteiger partial charge in [0, 0.05) is 32.9 Å². The number of amidine groups is 1. The smallest absolute Gasteiger partial charge is 0.318 e. The molecule has 0 saturated heterocycles. The molecule has 0 aliphatic rings. The maximum absolute atomic E-state index is 11.4. The Morgan fingerprint density at radius 3 is 2.68 bits per heavy atom. The highest BCUT2D eigenvalue weighted by molar-refractivity contribution is 7.45. The van der Waals surface area contributed by atoms with E-state index >= 15 is 0 Å². The Bertz CT molecular complexity index is 692. The molecule has 1 aromatic carbocycles. The lowest BCUT2D eigenvalue weighted by molar-refractivity contribution is -0.128. The maximum atomic E-state index is 11.4. The molecule has 0 saturated carbocycles. The Morgan fingerprint density at radius 1 is 1.32 bits per heavy atom. The Kier molecular flexibility index (Phi) is 13.9. The molecule has 11 heteroatoms. The third kappa shape index (κ3) is 11.4. The van der Waals surface area contributed by atoms with Crippen LogP contribution in [0, 0.1) is 0 Å².